The van der Waals surface area contributed by atoms with Crippen LogP contribution in [0, 0.1) is 37.0 Å². The Balaban J connectivity index is 1.90. The van der Waals surface area contributed by atoms with Crippen molar-refractivity contribution < 1.29 is 0 Å². The van der Waals surface area contributed by atoms with E-state index in [1.807, 2.05) is 0 Å². The lowest BCUT2D eigenvalue weighted by atomic mass is 9.63. The summed E-state index contributed by atoms with van der Waals surface area (Å²) < 4.78 is 0. The molecule has 1 heteroatoms. The molecule has 38 heavy (non-hydrogen) atoms. The van der Waals surface area contributed by atoms with Gasteiger partial charge in [0.2, 0.25) is 0 Å². The molecular weight excluding hydrogens is 458 g/mol. The first-order valence-electron chi connectivity index (χ1n) is 14.5. The van der Waals surface area contributed by atoms with Gasteiger partial charge < -0.3 is 4.90 Å². The quantitative estimate of drug-likeness (QED) is 0.372. The zero-order valence-corrected chi connectivity index (χ0v) is 25.7. The van der Waals surface area contributed by atoms with Gasteiger partial charge in [-0.2, -0.15) is 0 Å². The molecule has 2 aromatic carbocycles. The molecule has 0 bridgehead atoms. The Bertz CT molecular complexity index is 1300. The number of aryl methyl sites for hydroxylation is 2. The molecule has 1 fully saturated rings. The topological polar surface area (TPSA) is 3.24 Å². The molecule has 202 valence electrons. The summed E-state index contributed by atoms with van der Waals surface area (Å²) in [5, 5.41) is 0. The van der Waals surface area contributed by atoms with Crippen LogP contribution in [-0.2, 0) is 10.8 Å². The van der Waals surface area contributed by atoms with Gasteiger partial charge in [0.1, 0.15) is 0 Å². The van der Waals surface area contributed by atoms with E-state index in [-0.39, 0.29) is 16.2 Å². The second-order valence-electron chi connectivity index (χ2n) is 14.8. The van der Waals surface area contributed by atoms with E-state index < -0.39 is 0 Å². The minimum atomic E-state index is 0.134. The van der Waals surface area contributed by atoms with E-state index in [1.165, 1.54) is 53.5 Å². The predicted molar refractivity (Wildman–Crippen MR) is 166 cm³/mol. The fraction of sp³-hybridized carbons (Fsp3) is 0.514. The molecule has 0 heterocycles. The van der Waals surface area contributed by atoms with Gasteiger partial charge in [-0.25, -0.2) is 0 Å². The summed E-state index contributed by atoms with van der Waals surface area (Å²) in [5.41, 5.74) is 10.9. The number of hydrogen-bond donors (Lipinski definition) is 0. The summed E-state index contributed by atoms with van der Waals surface area (Å²) in [6.07, 6.45) is 16.8. The summed E-state index contributed by atoms with van der Waals surface area (Å²) in [6, 6.07) is 13.8. The van der Waals surface area contributed by atoms with E-state index in [4.69, 9.17) is 6.42 Å². The molecule has 0 atom stereocenters. The van der Waals surface area contributed by atoms with Gasteiger partial charge >= 0.3 is 0 Å². The first-order chi connectivity index (χ1) is 17.5. The van der Waals surface area contributed by atoms with Gasteiger partial charge in [0.05, 0.1) is 5.70 Å². The Morgan fingerprint density at radius 3 is 1.92 bits per heavy atom. The number of fused-ring (bicyclic) bond motifs is 1. The van der Waals surface area contributed by atoms with Crippen molar-refractivity contribution in [3.8, 4) is 12.3 Å². The first-order valence-corrected chi connectivity index (χ1v) is 14.5. The second kappa shape index (κ2) is 9.79. The monoisotopic (exact) mass is 507 g/mol. The van der Waals surface area contributed by atoms with Gasteiger partial charge in [-0.05, 0) is 120 Å². The number of hydrogen-bond acceptors (Lipinski definition) is 1. The molecule has 0 spiro atoms. The number of allylic oxidation sites excluding steroid dienone is 4. The summed E-state index contributed by atoms with van der Waals surface area (Å²) in [7, 11) is 0. The highest BCUT2D eigenvalue weighted by molar-refractivity contribution is 5.74. The fourth-order valence-electron chi connectivity index (χ4n) is 6.53. The third-order valence-corrected chi connectivity index (χ3v) is 9.36. The highest BCUT2D eigenvalue weighted by Crippen LogP contribution is 2.49. The summed E-state index contributed by atoms with van der Waals surface area (Å²) in [6.45, 7) is 23.4. The lowest BCUT2D eigenvalue weighted by Gasteiger charge is -2.42. The van der Waals surface area contributed by atoms with Crippen molar-refractivity contribution in [3.63, 3.8) is 0 Å². The third-order valence-electron chi connectivity index (χ3n) is 9.36. The highest BCUT2D eigenvalue weighted by Gasteiger charge is 2.38. The lowest BCUT2D eigenvalue weighted by Crippen LogP contribution is -2.34. The van der Waals surface area contributed by atoms with Crippen molar-refractivity contribution in [2.24, 2.45) is 10.8 Å². The minimum Gasteiger partial charge on any atom is -0.303 e. The van der Waals surface area contributed by atoms with E-state index in [1.54, 1.807) is 0 Å². The highest BCUT2D eigenvalue weighted by atomic mass is 15.1. The fourth-order valence-corrected chi connectivity index (χ4v) is 6.53. The van der Waals surface area contributed by atoms with Crippen molar-refractivity contribution in [1.29, 1.82) is 0 Å². The Morgan fingerprint density at radius 2 is 1.32 bits per heavy atom. The van der Waals surface area contributed by atoms with Gasteiger partial charge in [0.15, 0.2) is 0 Å². The van der Waals surface area contributed by atoms with Crippen LogP contribution in [-0.4, -0.2) is 0 Å². The average Bonchev–Trinajstić information content (AvgIpc) is 2.81. The predicted octanol–water partition coefficient (Wildman–Crippen LogP) is 10.5. The number of terminal acetylenes is 1. The van der Waals surface area contributed by atoms with Crippen LogP contribution < -0.4 is 4.90 Å². The van der Waals surface area contributed by atoms with Crippen LogP contribution in [0.15, 0.2) is 59.8 Å². The molecule has 2 aliphatic rings. The van der Waals surface area contributed by atoms with Crippen molar-refractivity contribution in [1.82, 2.24) is 0 Å². The smallest absolute Gasteiger partial charge is 0.0967 e. The van der Waals surface area contributed by atoms with Crippen LogP contribution in [0.4, 0.5) is 11.4 Å². The van der Waals surface area contributed by atoms with E-state index in [0.29, 0.717) is 5.41 Å². The van der Waals surface area contributed by atoms with E-state index in [0.717, 1.165) is 23.5 Å². The SMILES string of the molecule is C#C/C(=C\C=C1/CC(C)(C)CCC1(C)C)N(c1cc(C)cc(C)c1)c1ccc2c(c1)C(C)(C)CCC2(C)C. The molecule has 1 saturated carbocycles. The molecule has 4 rings (SSSR count). The van der Waals surface area contributed by atoms with E-state index in [2.05, 4.69) is 129 Å². The normalized spacial score (nSPS) is 22.4. The molecule has 0 unspecified atom stereocenters. The van der Waals surface area contributed by atoms with Crippen LogP contribution in [0.1, 0.15) is 110 Å². The van der Waals surface area contributed by atoms with Gasteiger partial charge in [-0.15, -0.1) is 6.42 Å². The third kappa shape index (κ3) is 5.66. The van der Waals surface area contributed by atoms with Gasteiger partial charge in [-0.3, -0.25) is 0 Å². The maximum Gasteiger partial charge on any atom is 0.0967 e. The molecule has 0 amide bonds. The van der Waals surface area contributed by atoms with Crippen LogP contribution >= 0.6 is 0 Å². The lowest BCUT2D eigenvalue weighted by molar-refractivity contribution is 0.199. The largest absolute Gasteiger partial charge is 0.303 e. The molecule has 0 saturated heterocycles. The maximum absolute atomic E-state index is 6.31. The van der Waals surface area contributed by atoms with Crippen molar-refractivity contribution in [2.75, 3.05) is 4.90 Å². The van der Waals surface area contributed by atoms with Crippen LogP contribution in [0.2, 0.25) is 0 Å². The zero-order chi connectivity index (χ0) is 28.1. The molecule has 0 aliphatic heterocycles. The summed E-state index contributed by atoms with van der Waals surface area (Å²) >= 11 is 0. The molecule has 1 nitrogen and oxygen atoms in total. The molecule has 0 radical (unpaired) electrons. The molecule has 0 N–H and O–H groups in total. The molecule has 0 aromatic heterocycles. The van der Waals surface area contributed by atoms with Crippen LogP contribution in [0.5, 0.6) is 0 Å². The Kier molecular flexibility index (Phi) is 7.29. The summed E-state index contributed by atoms with van der Waals surface area (Å²) in [4.78, 5) is 2.30. The first kappa shape index (κ1) is 28.3. The Labute approximate surface area is 233 Å². The second-order valence-corrected chi connectivity index (χ2v) is 14.8. The Morgan fingerprint density at radius 1 is 0.737 bits per heavy atom. The molecular formula is C37H49N. The van der Waals surface area contributed by atoms with E-state index >= 15 is 0 Å². The zero-order valence-electron chi connectivity index (χ0n) is 25.7. The van der Waals surface area contributed by atoms with Gasteiger partial charge in [0, 0.05) is 11.4 Å². The Hall–Kier alpha value is -2.72. The van der Waals surface area contributed by atoms with Crippen LogP contribution in [0.25, 0.3) is 0 Å². The van der Waals surface area contributed by atoms with Crippen molar-refractivity contribution in [3.05, 3.63) is 82.1 Å². The minimum absolute atomic E-state index is 0.134. The molecule has 2 aliphatic carbocycles. The van der Waals surface area contributed by atoms with Crippen molar-refractivity contribution >= 4 is 11.4 Å². The van der Waals surface area contributed by atoms with Gasteiger partial charge in [-0.1, -0.05) is 85.1 Å². The number of nitrogens with zero attached hydrogens (tertiary/aromatic N) is 1. The van der Waals surface area contributed by atoms with Gasteiger partial charge in [0.25, 0.3) is 0 Å². The van der Waals surface area contributed by atoms with Crippen molar-refractivity contribution in [2.45, 2.75) is 112 Å². The number of rotatable bonds is 4. The molecule has 2 aromatic rings. The van der Waals surface area contributed by atoms with Crippen LogP contribution in [0.3, 0.4) is 0 Å². The number of benzene rings is 2. The van der Waals surface area contributed by atoms with E-state index in [9.17, 15) is 0 Å². The maximum atomic E-state index is 6.31. The number of anilines is 2. The average molecular weight is 508 g/mol. The standard InChI is InChI=1S/C37H49N/c1-12-29(14-13-28-25-34(4,5)17-18-35(28,6)7)38(31-22-26(2)21-27(3)23-31)30-15-16-32-33(24-30)37(10,11)20-19-36(32,8)9/h1,13-16,21-24H,17-20,25H2,2-11H3/b28-13+,29-14+. The summed E-state index contributed by atoms with van der Waals surface area (Å²) in [5.74, 6) is 3.09.